The van der Waals surface area contributed by atoms with E-state index in [2.05, 4.69) is 74.3 Å². The molecule has 2 aromatic carbocycles. The predicted molar refractivity (Wildman–Crippen MR) is 92.3 cm³/mol. The van der Waals surface area contributed by atoms with Gasteiger partial charge in [-0.2, -0.15) is 0 Å². The van der Waals surface area contributed by atoms with Gasteiger partial charge in [-0.3, -0.25) is 0 Å². The van der Waals surface area contributed by atoms with E-state index in [0.29, 0.717) is 12.0 Å². The Hall–Kier alpha value is -1.60. The highest BCUT2D eigenvalue weighted by molar-refractivity contribution is 5.50. The van der Waals surface area contributed by atoms with Gasteiger partial charge in [0.1, 0.15) is 0 Å². The standard InChI is InChI=1S/C21H25N/c1-15-9-10-17-14-20-16(2)21(19(17)13-15,11-12-22(20)3)18-7-5-4-6-8-18/h4-10,13,16,20H,11-12,14H2,1-3H3/t16?,20-,21-/m1/s1. The molecule has 0 radical (unpaired) electrons. The molecule has 3 atom stereocenters. The van der Waals surface area contributed by atoms with Crippen molar-refractivity contribution in [2.24, 2.45) is 5.92 Å². The van der Waals surface area contributed by atoms with Crippen molar-refractivity contribution in [3.63, 3.8) is 0 Å². The van der Waals surface area contributed by atoms with Crippen molar-refractivity contribution in [1.82, 2.24) is 4.90 Å². The second-order valence-electron chi connectivity index (χ2n) is 7.29. The predicted octanol–water partition coefficient (Wildman–Crippen LogP) is 4.18. The normalized spacial score (nSPS) is 30.9. The quantitative estimate of drug-likeness (QED) is 0.762. The number of rotatable bonds is 1. The maximum Gasteiger partial charge on any atom is 0.0258 e. The Bertz CT molecular complexity index is 690. The summed E-state index contributed by atoms with van der Waals surface area (Å²) in [5.41, 5.74) is 6.24. The topological polar surface area (TPSA) is 3.24 Å². The average molecular weight is 291 g/mol. The molecule has 0 N–H and O–H groups in total. The van der Waals surface area contributed by atoms with E-state index in [9.17, 15) is 0 Å². The lowest BCUT2D eigenvalue weighted by Gasteiger charge is -2.55. The minimum absolute atomic E-state index is 0.192. The molecule has 2 aromatic rings. The first-order valence-corrected chi connectivity index (χ1v) is 8.49. The van der Waals surface area contributed by atoms with Crippen LogP contribution in [0.4, 0.5) is 0 Å². The molecule has 2 bridgehead atoms. The van der Waals surface area contributed by atoms with E-state index in [0.717, 1.165) is 0 Å². The number of fused-ring (bicyclic) bond motifs is 4. The Morgan fingerprint density at radius 2 is 1.86 bits per heavy atom. The van der Waals surface area contributed by atoms with Crippen LogP contribution in [-0.4, -0.2) is 24.5 Å². The van der Waals surface area contributed by atoms with E-state index in [1.165, 1.54) is 30.5 Å². The largest absolute Gasteiger partial charge is 0.303 e. The number of hydrogen-bond acceptors (Lipinski definition) is 1. The summed E-state index contributed by atoms with van der Waals surface area (Å²) in [6, 6.07) is 19.0. The third kappa shape index (κ3) is 1.82. The number of piperidine rings is 1. The van der Waals surface area contributed by atoms with Crippen LogP contribution >= 0.6 is 0 Å². The Balaban J connectivity index is 1.99. The fourth-order valence-electron chi connectivity index (χ4n) is 4.98. The number of hydrogen-bond donors (Lipinski definition) is 0. The molecule has 1 heterocycles. The summed E-state index contributed by atoms with van der Waals surface area (Å²) in [6.07, 6.45) is 2.42. The first-order chi connectivity index (χ1) is 10.6. The summed E-state index contributed by atoms with van der Waals surface area (Å²) in [7, 11) is 2.30. The molecule has 1 saturated heterocycles. The van der Waals surface area contributed by atoms with Crippen molar-refractivity contribution < 1.29 is 0 Å². The summed E-state index contributed by atoms with van der Waals surface area (Å²) in [4.78, 5) is 2.58. The molecule has 0 saturated carbocycles. The third-order valence-electron chi connectivity index (χ3n) is 6.24. The monoisotopic (exact) mass is 291 g/mol. The highest BCUT2D eigenvalue weighted by atomic mass is 15.1. The number of benzene rings is 2. The minimum atomic E-state index is 0.192. The van der Waals surface area contributed by atoms with Gasteiger partial charge < -0.3 is 4.90 Å². The lowest BCUT2D eigenvalue weighted by Crippen LogP contribution is -2.58. The van der Waals surface area contributed by atoms with E-state index in [-0.39, 0.29) is 5.41 Å². The van der Waals surface area contributed by atoms with Crippen molar-refractivity contribution in [2.75, 3.05) is 13.6 Å². The first-order valence-electron chi connectivity index (χ1n) is 8.49. The molecular formula is C21H25N. The molecule has 1 heteroatoms. The van der Waals surface area contributed by atoms with Gasteiger partial charge in [-0.25, -0.2) is 0 Å². The zero-order valence-corrected chi connectivity index (χ0v) is 13.8. The van der Waals surface area contributed by atoms with Crippen molar-refractivity contribution in [1.29, 1.82) is 0 Å². The molecule has 0 spiro atoms. The molecule has 1 unspecified atom stereocenters. The van der Waals surface area contributed by atoms with Crippen LogP contribution < -0.4 is 0 Å². The molecule has 1 fully saturated rings. The Morgan fingerprint density at radius 3 is 2.64 bits per heavy atom. The summed E-state index contributed by atoms with van der Waals surface area (Å²) in [6.45, 7) is 5.89. The summed E-state index contributed by atoms with van der Waals surface area (Å²) >= 11 is 0. The van der Waals surface area contributed by atoms with Crippen LogP contribution in [0.15, 0.2) is 48.5 Å². The highest BCUT2D eigenvalue weighted by Crippen LogP contribution is 2.52. The van der Waals surface area contributed by atoms with E-state index >= 15 is 0 Å². The van der Waals surface area contributed by atoms with Gasteiger partial charge in [-0.05, 0) is 56.0 Å². The van der Waals surface area contributed by atoms with Gasteiger partial charge in [-0.15, -0.1) is 0 Å². The van der Waals surface area contributed by atoms with Crippen LogP contribution in [0.5, 0.6) is 0 Å². The zero-order valence-electron chi connectivity index (χ0n) is 13.8. The molecule has 0 amide bonds. The van der Waals surface area contributed by atoms with Crippen LogP contribution in [-0.2, 0) is 11.8 Å². The average Bonchev–Trinajstić information content (AvgIpc) is 2.53. The number of aryl methyl sites for hydroxylation is 1. The number of likely N-dealkylation sites (N-methyl/N-ethyl adjacent to an activating group) is 1. The van der Waals surface area contributed by atoms with Gasteiger partial charge in [-0.1, -0.05) is 61.0 Å². The van der Waals surface area contributed by atoms with E-state index in [4.69, 9.17) is 0 Å². The molecule has 114 valence electrons. The fourth-order valence-corrected chi connectivity index (χ4v) is 4.98. The second kappa shape index (κ2) is 4.96. The molecular weight excluding hydrogens is 266 g/mol. The van der Waals surface area contributed by atoms with E-state index in [1.807, 2.05) is 0 Å². The molecule has 1 aliphatic carbocycles. The van der Waals surface area contributed by atoms with Crippen LogP contribution in [0.25, 0.3) is 0 Å². The van der Waals surface area contributed by atoms with E-state index in [1.54, 1.807) is 11.1 Å². The van der Waals surface area contributed by atoms with Gasteiger partial charge in [0.05, 0.1) is 0 Å². The molecule has 22 heavy (non-hydrogen) atoms. The van der Waals surface area contributed by atoms with Crippen LogP contribution in [0.1, 0.15) is 35.6 Å². The van der Waals surface area contributed by atoms with Gasteiger partial charge in [0, 0.05) is 11.5 Å². The fraction of sp³-hybridized carbons (Fsp3) is 0.429. The van der Waals surface area contributed by atoms with Crippen LogP contribution in [0, 0.1) is 12.8 Å². The Kier molecular flexibility index (Phi) is 3.16. The number of nitrogens with zero attached hydrogens (tertiary/aromatic N) is 1. The van der Waals surface area contributed by atoms with Gasteiger partial charge in [0.2, 0.25) is 0 Å². The summed E-state index contributed by atoms with van der Waals surface area (Å²) in [5, 5.41) is 0. The highest BCUT2D eigenvalue weighted by Gasteiger charge is 2.51. The third-order valence-corrected chi connectivity index (χ3v) is 6.24. The SMILES string of the molecule is Cc1ccc2c(c1)[C@]1(c3ccccc3)CCN(C)[C@H](C2)C1C. The Morgan fingerprint density at radius 1 is 1.09 bits per heavy atom. The molecule has 1 nitrogen and oxygen atoms in total. The smallest absolute Gasteiger partial charge is 0.0258 e. The van der Waals surface area contributed by atoms with Crippen LogP contribution in [0.3, 0.4) is 0 Å². The molecule has 2 aliphatic rings. The van der Waals surface area contributed by atoms with Gasteiger partial charge in [0.15, 0.2) is 0 Å². The maximum atomic E-state index is 2.58. The summed E-state index contributed by atoms with van der Waals surface area (Å²) < 4.78 is 0. The summed E-state index contributed by atoms with van der Waals surface area (Å²) in [5.74, 6) is 0.656. The number of likely N-dealkylation sites (tertiary alicyclic amines) is 1. The van der Waals surface area contributed by atoms with Crippen LogP contribution in [0.2, 0.25) is 0 Å². The minimum Gasteiger partial charge on any atom is -0.303 e. The van der Waals surface area contributed by atoms with E-state index < -0.39 is 0 Å². The Labute approximate surface area is 134 Å². The lowest BCUT2D eigenvalue weighted by molar-refractivity contribution is 0.0615. The zero-order chi connectivity index (χ0) is 15.3. The molecule has 0 aromatic heterocycles. The maximum absolute atomic E-state index is 2.58. The molecule has 1 aliphatic heterocycles. The van der Waals surface area contributed by atoms with Crippen molar-refractivity contribution in [2.45, 2.75) is 38.1 Å². The molecule has 4 rings (SSSR count). The lowest BCUT2D eigenvalue weighted by atomic mass is 9.55. The first kappa shape index (κ1) is 14.0. The van der Waals surface area contributed by atoms with Crippen molar-refractivity contribution >= 4 is 0 Å². The van der Waals surface area contributed by atoms with Gasteiger partial charge >= 0.3 is 0 Å². The second-order valence-corrected chi connectivity index (χ2v) is 7.29. The van der Waals surface area contributed by atoms with Crippen molar-refractivity contribution in [3.05, 3.63) is 70.8 Å². The van der Waals surface area contributed by atoms with Crippen molar-refractivity contribution in [3.8, 4) is 0 Å². The van der Waals surface area contributed by atoms with Gasteiger partial charge in [0.25, 0.3) is 0 Å².